The molecule has 1 fully saturated rings. The van der Waals surface area contributed by atoms with E-state index in [1.165, 1.54) is 10.5 Å². The Balaban J connectivity index is 1.76. The maximum Gasteiger partial charge on any atom is 0.337 e. The standard InChI is InChI=1S/C25H26F2N6O3/c1-15-11-18(16(2)29-20-6-4-3-5-17(20)25(35)36)23-30-22(19(12-28)24(34)33(23)13-15)32-9-7-31(8-10-32)14-21(26)27/h3-6,11,13,16,21,29H,7-10,14H2,1-2H3,(H,35,36)/t16-/m1/s1. The highest BCUT2D eigenvalue weighted by atomic mass is 19.3. The first kappa shape index (κ1) is 25.1. The third kappa shape index (κ3) is 4.99. The molecule has 1 atom stereocenters. The summed E-state index contributed by atoms with van der Waals surface area (Å²) >= 11 is 0. The first-order valence-electron chi connectivity index (χ1n) is 11.5. The number of piperazine rings is 1. The van der Waals surface area contributed by atoms with Crippen LogP contribution in [-0.2, 0) is 0 Å². The van der Waals surface area contributed by atoms with Crippen LogP contribution in [-0.4, -0.2) is 64.5 Å². The fourth-order valence-electron chi connectivity index (χ4n) is 4.49. The largest absolute Gasteiger partial charge is 0.478 e. The first-order valence-corrected chi connectivity index (χ1v) is 11.5. The van der Waals surface area contributed by atoms with Crippen LogP contribution in [0.15, 0.2) is 41.3 Å². The van der Waals surface area contributed by atoms with E-state index in [1.807, 2.05) is 26.0 Å². The van der Waals surface area contributed by atoms with Gasteiger partial charge in [0.2, 0.25) is 0 Å². The van der Waals surface area contributed by atoms with Crippen LogP contribution in [0, 0.1) is 18.3 Å². The molecular formula is C25H26F2N6O3. The Hall–Kier alpha value is -4.04. The van der Waals surface area contributed by atoms with Crippen LogP contribution in [0.1, 0.15) is 40.0 Å². The average Bonchev–Trinajstić information content (AvgIpc) is 2.84. The van der Waals surface area contributed by atoms with Crippen molar-refractivity contribution in [3.63, 3.8) is 0 Å². The van der Waals surface area contributed by atoms with Gasteiger partial charge in [-0.05, 0) is 37.6 Å². The van der Waals surface area contributed by atoms with E-state index in [0.29, 0.717) is 43.1 Å². The van der Waals surface area contributed by atoms with Gasteiger partial charge in [-0.2, -0.15) is 5.26 Å². The minimum atomic E-state index is -2.43. The van der Waals surface area contributed by atoms with Crippen molar-refractivity contribution in [1.82, 2.24) is 14.3 Å². The highest BCUT2D eigenvalue weighted by Crippen LogP contribution is 2.27. The van der Waals surface area contributed by atoms with Gasteiger partial charge in [0.25, 0.3) is 12.0 Å². The molecule has 0 radical (unpaired) electrons. The molecule has 1 aliphatic heterocycles. The van der Waals surface area contributed by atoms with Crippen molar-refractivity contribution < 1.29 is 18.7 Å². The van der Waals surface area contributed by atoms with Gasteiger partial charge in [-0.25, -0.2) is 18.6 Å². The molecule has 188 valence electrons. The summed E-state index contributed by atoms with van der Waals surface area (Å²) in [5.41, 5.74) is 1.65. The second kappa shape index (κ2) is 10.3. The van der Waals surface area contributed by atoms with Crippen molar-refractivity contribution in [3.8, 4) is 6.07 Å². The van der Waals surface area contributed by atoms with Crippen LogP contribution in [0.2, 0.25) is 0 Å². The molecular weight excluding hydrogens is 470 g/mol. The Kier molecular flexibility index (Phi) is 7.17. The lowest BCUT2D eigenvalue weighted by molar-refractivity contribution is 0.0697. The predicted molar refractivity (Wildman–Crippen MR) is 131 cm³/mol. The van der Waals surface area contributed by atoms with Crippen molar-refractivity contribution in [2.45, 2.75) is 26.3 Å². The van der Waals surface area contributed by atoms with E-state index in [-0.39, 0.29) is 23.5 Å². The number of carboxylic acids is 1. The Morgan fingerprint density at radius 3 is 2.58 bits per heavy atom. The summed E-state index contributed by atoms with van der Waals surface area (Å²) in [6, 6.07) is 9.92. The van der Waals surface area contributed by atoms with Crippen LogP contribution >= 0.6 is 0 Å². The zero-order valence-electron chi connectivity index (χ0n) is 19.9. The van der Waals surface area contributed by atoms with Gasteiger partial charge in [-0.3, -0.25) is 14.1 Å². The number of anilines is 2. The number of hydrogen-bond acceptors (Lipinski definition) is 7. The van der Waals surface area contributed by atoms with E-state index in [0.717, 1.165) is 5.56 Å². The van der Waals surface area contributed by atoms with Crippen LogP contribution < -0.4 is 15.8 Å². The average molecular weight is 497 g/mol. The number of aromatic nitrogens is 2. The number of carbonyl (C=O) groups is 1. The number of benzene rings is 1. The lowest BCUT2D eigenvalue weighted by Crippen LogP contribution is -2.48. The van der Waals surface area contributed by atoms with Gasteiger partial charge in [0.15, 0.2) is 11.4 Å². The fourth-order valence-corrected chi connectivity index (χ4v) is 4.49. The van der Waals surface area contributed by atoms with Gasteiger partial charge in [-0.1, -0.05) is 12.1 Å². The third-order valence-corrected chi connectivity index (χ3v) is 6.25. The van der Waals surface area contributed by atoms with Crippen molar-refractivity contribution in [2.24, 2.45) is 0 Å². The van der Waals surface area contributed by atoms with Crippen LogP contribution in [0.5, 0.6) is 0 Å². The van der Waals surface area contributed by atoms with E-state index in [4.69, 9.17) is 4.98 Å². The minimum Gasteiger partial charge on any atom is -0.478 e. The summed E-state index contributed by atoms with van der Waals surface area (Å²) in [6.07, 6.45) is -0.821. The number of pyridine rings is 1. The highest BCUT2D eigenvalue weighted by Gasteiger charge is 2.26. The lowest BCUT2D eigenvalue weighted by Gasteiger charge is -2.35. The summed E-state index contributed by atoms with van der Waals surface area (Å²) in [5, 5.41) is 22.5. The number of carboxylic acid groups (broad SMARTS) is 1. The third-order valence-electron chi connectivity index (χ3n) is 6.25. The zero-order chi connectivity index (χ0) is 26.0. The quantitative estimate of drug-likeness (QED) is 0.513. The fraction of sp³-hybridized carbons (Fsp3) is 0.360. The summed E-state index contributed by atoms with van der Waals surface area (Å²) in [4.78, 5) is 33.1. The van der Waals surface area contributed by atoms with E-state index in [9.17, 15) is 28.7 Å². The smallest absolute Gasteiger partial charge is 0.337 e. The second-order valence-electron chi connectivity index (χ2n) is 8.79. The molecule has 3 heterocycles. The van der Waals surface area contributed by atoms with E-state index >= 15 is 0 Å². The molecule has 1 aromatic carbocycles. The molecule has 9 nitrogen and oxygen atoms in total. The van der Waals surface area contributed by atoms with Crippen molar-refractivity contribution in [1.29, 1.82) is 5.26 Å². The molecule has 1 saturated heterocycles. The maximum absolute atomic E-state index is 13.3. The summed E-state index contributed by atoms with van der Waals surface area (Å²) in [5.74, 6) is -0.844. The lowest BCUT2D eigenvalue weighted by atomic mass is 10.1. The number of alkyl halides is 2. The van der Waals surface area contributed by atoms with Crippen molar-refractivity contribution in [2.75, 3.05) is 42.9 Å². The second-order valence-corrected chi connectivity index (χ2v) is 8.79. The first-order chi connectivity index (χ1) is 17.2. The van der Waals surface area contributed by atoms with Crippen LogP contribution in [0.3, 0.4) is 0 Å². The number of halogens is 2. The number of para-hydroxylation sites is 1. The number of aryl methyl sites for hydroxylation is 1. The Bertz CT molecular complexity index is 1390. The molecule has 0 amide bonds. The number of fused-ring (bicyclic) bond motifs is 1. The van der Waals surface area contributed by atoms with Crippen LogP contribution in [0.4, 0.5) is 20.3 Å². The molecule has 2 aromatic heterocycles. The summed E-state index contributed by atoms with van der Waals surface area (Å²) in [6.45, 7) is 4.76. The normalized spacial score (nSPS) is 15.2. The monoisotopic (exact) mass is 496 g/mol. The molecule has 0 aliphatic carbocycles. The zero-order valence-corrected chi connectivity index (χ0v) is 19.9. The highest BCUT2D eigenvalue weighted by molar-refractivity contribution is 5.94. The molecule has 0 spiro atoms. The number of nitriles is 1. The molecule has 0 bridgehead atoms. The van der Waals surface area contributed by atoms with E-state index in [1.54, 1.807) is 34.2 Å². The number of nitrogens with zero attached hydrogens (tertiary/aromatic N) is 5. The number of rotatable bonds is 7. The summed E-state index contributed by atoms with van der Waals surface area (Å²) < 4.78 is 26.9. The number of hydrogen-bond donors (Lipinski definition) is 2. The van der Waals surface area contributed by atoms with Gasteiger partial charge in [0, 0.05) is 43.6 Å². The van der Waals surface area contributed by atoms with Gasteiger partial charge < -0.3 is 15.3 Å². The Labute approximate surface area is 206 Å². The SMILES string of the molecule is Cc1cc([C@@H](C)Nc2ccccc2C(=O)O)c2nc(N3CCN(CC(F)F)CC3)c(C#N)c(=O)n2c1. The van der Waals surface area contributed by atoms with E-state index < -0.39 is 24.0 Å². The maximum atomic E-state index is 13.3. The van der Waals surface area contributed by atoms with E-state index in [2.05, 4.69) is 5.32 Å². The van der Waals surface area contributed by atoms with Crippen molar-refractivity contribution >= 4 is 23.1 Å². The van der Waals surface area contributed by atoms with Gasteiger partial charge in [-0.15, -0.1) is 0 Å². The van der Waals surface area contributed by atoms with Gasteiger partial charge in [0.1, 0.15) is 11.7 Å². The predicted octanol–water partition coefficient (Wildman–Crippen LogP) is 3.13. The number of nitrogens with one attached hydrogen (secondary N) is 1. The summed E-state index contributed by atoms with van der Waals surface area (Å²) in [7, 11) is 0. The molecule has 4 rings (SSSR count). The molecule has 2 N–H and O–H groups in total. The molecule has 0 saturated carbocycles. The van der Waals surface area contributed by atoms with Crippen LogP contribution in [0.25, 0.3) is 5.65 Å². The molecule has 11 heteroatoms. The van der Waals surface area contributed by atoms with Crippen molar-refractivity contribution in [3.05, 3.63) is 69.1 Å². The number of aromatic carboxylic acids is 1. The van der Waals surface area contributed by atoms with Gasteiger partial charge in [0.05, 0.1) is 18.2 Å². The molecule has 1 aliphatic rings. The Morgan fingerprint density at radius 1 is 1.25 bits per heavy atom. The molecule has 3 aromatic rings. The molecule has 36 heavy (non-hydrogen) atoms. The van der Waals surface area contributed by atoms with Gasteiger partial charge >= 0.3 is 5.97 Å². The topological polar surface area (TPSA) is 114 Å². The molecule has 0 unspecified atom stereocenters. The Morgan fingerprint density at radius 2 is 1.94 bits per heavy atom. The minimum absolute atomic E-state index is 0.108.